The second kappa shape index (κ2) is 8.55. The first-order chi connectivity index (χ1) is 13.7. The zero-order chi connectivity index (χ0) is 19.9. The molecule has 0 radical (unpaired) electrons. The van der Waals surface area contributed by atoms with Gasteiger partial charge >= 0.3 is 0 Å². The zero-order valence-corrected chi connectivity index (χ0v) is 15.4. The van der Waals surface area contributed by atoms with E-state index in [-0.39, 0.29) is 6.04 Å². The normalized spacial score (nSPS) is 11.6. The van der Waals surface area contributed by atoms with Crippen molar-refractivity contribution in [1.82, 2.24) is 9.78 Å². The van der Waals surface area contributed by atoms with Gasteiger partial charge in [-0.1, -0.05) is 47.6 Å². The molecule has 1 atom stereocenters. The van der Waals surface area contributed by atoms with Crippen molar-refractivity contribution in [3.8, 4) is 5.69 Å². The minimum Gasteiger partial charge on any atom is -0.285 e. The third kappa shape index (κ3) is 3.86. The summed E-state index contributed by atoms with van der Waals surface area (Å²) in [6, 6.07) is 16.4. The smallest absolute Gasteiger partial charge is 0.139 e. The molecule has 138 valence electrons. The Kier molecular flexibility index (Phi) is 5.72. The predicted molar refractivity (Wildman–Crippen MR) is 108 cm³/mol. The van der Waals surface area contributed by atoms with Crippen LogP contribution in [0.25, 0.3) is 26.6 Å². The summed E-state index contributed by atoms with van der Waals surface area (Å²) in [4.78, 5) is 10.4. The summed E-state index contributed by atoms with van der Waals surface area (Å²) in [6.45, 7) is 3.72. The largest absolute Gasteiger partial charge is 0.285 e. The number of para-hydroxylation sites is 1. The van der Waals surface area contributed by atoms with E-state index < -0.39 is 0 Å². The van der Waals surface area contributed by atoms with E-state index in [9.17, 15) is 0 Å². The molecule has 9 heteroatoms. The molecule has 0 N–H and O–H groups in total. The molecular weight excluding hydrogens is 354 g/mol. The first-order valence-corrected chi connectivity index (χ1v) is 8.53. The number of aryl methyl sites for hydroxylation is 1. The highest BCUT2D eigenvalue weighted by Gasteiger charge is 2.15. The number of aromatic nitrogens is 2. The van der Waals surface area contributed by atoms with Crippen LogP contribution in [0.1, 0.15) is 29.8 Å². The maximum Gasteiger partial charge on any atom is 0.139 e. The van der Waals surface area contributed by atoms with Crippen molar-refractivity contribution in [3.63, 3.8) is 0 Å². The van der Waals surface area contributed by atoms with E-state index in [1.165, 1.54) is 0 Å². The predicted octanol–water partition coefficient (Wildman–Crippen LogP) is 6.24. The van der Waals surface area contributed by atoms with Gasteiger partial charge in [0.15, 0.2) is 0 Å². The molecule has 3 aromatic rings. The molecule has 3 rings (SSSR count). The molecule has 1 heterocycles. The van der Waals surface area contributed by atoms with Gasteiger partial charge in [0.05, 0.1) is 17.4 Å². The second-order valence-electron chi connectivity index (χ2n) is 5.96. The van der Waals surface area contributed by atoms with Crippen LogP contribution in [-0.4, -0.2) is 16.0 Å². The van der Waals surface area contributed by atoms with Gasteiger partial charge in [0.1, 0.15) is 5.82 Å². The molecule has 0 fully saturated rings. The lowest BCUT2D eigenvalue weighted by Gasteiger charge is -2.09. The van der Waals surface area contributed by atoms with Crippen molar-refractivity contribution in [2.75, 3.05) is 0 Å². The summed E-state index contributed by atoms with van der Waals surface area (Å²) in [6.07, 6.45) is 1.64. The highest BCUT2D eigenvalue weighted by Crippen LogP contribution is 2.29. The standard InChI is InChI=1S/C19H17N9/c1-13(16-10-6-7-11-18(16)23-26-20)22-12-17-14(2)25-28(19(17)24-27-21)15-8-4-3-5-9-15/h3-13H,1-2H3. The van der Waals surface area contributed by atoms with Crippen molar-refractivity contribution in [2.45, 2.75) is 19.9 Å². The van der Waals surface area contributed by atoms with Gasteiger partial charge in [0.2, 0.25) is 0 Å². The monoisotopic (exact) mass is 371 g/mol. The fourth-order valence-corrected chi connectivity index (χ4v) is 2.81. The van der Waals surface area contributed by atoms with Crippen LogP contribution in [-0.2, 0) is 0 Å². The fraction of sp³-hybridized carbons (Fsp3) is 0.158. The zero-order valence-electron chi connectivity index (χ0n) is 15.4. The third-order valence-electron chi connectivity index (χ3n) is 4.19. The number of benzene rings is 2. The Balaban J connectivity index is 2.02. The van der Waals surface area contributed by atoms with Crippen LogP contribution >= 0.6 is 0 Å². The van der Waals surface area contributed by atoms with E-state index in [1.807, 2.05) is 56.3 Å². The molecule has 0 saturated carbocycles. The van der Waals surface area contributed by atoms with Gasteiger partial charge in [-0.15, -0.1) is 0 Å². The molecule has 0 aliphatic rings. The van der Waals surface area contributed by atoms with Crippen LogP contribution in [0.5, 0.6) is 0 Å². The first-order valence-electron chi connectivity index (χ1n) is 8.53. The maximum absolute atomic E-state index is 9.00. The van der Waals surface area contributed by atoms with Crippen molar-refractivity contribution >= 4 is 17.7 Å². The van der Waals surface area contributed by atoms with Gasteiger partial charge < -0.3 is 0 Å². The molecular formula is C19H17N9. The highest BCUT2D eigenvalue weighted by atomic mass is 15.4. The summed E-state index contributed by atoms with van der Waals surface area (Å²) >= 11 is 0. The highest BCUT2D eigenvalue weighted by molar-refractivity contribution is 5.87. The Labute approximate surface area is 161 Å². The average molecular weight is 371 g/mol. The fourth-order valence-electron chi connectivity index (χ4n) is 2.81. The van der Waals surface area contributed by atoms with Crippen LogP contribution in [0.2, 0.25) is 0 Å². The molecule has 0 aliphatic carbocycles. The summed E-state index contributed by atoms with van der Waals surface area (Å²) in [5.74, 6) is 0.366. The molecule has 2 aromatic carbocycles. The van der Waals surface area contributed by atoms with Gasteiger partial charge in [-0.25, -0.2) is 4.68 Å². The number of hydrogen-bond donors (Lipinski definition) is 0. The summed E-state index contributed by atoms with van der Waals surface area (Å²) in [5, 5.41) is 12.0. The summed E-state index contributed by atoms with van der Waals surface area (Å²) < 4.78 is 1.59. The molecule has 28 heavy (non-hydrogen) atoms. The molecule has 1 aromatic heterocycles. The molecule has 1 unspecified atom stereocenters. The lowest BCUT2D eigenvalue weighted by molar-refractivity contribution is 0.825. The lowest BCUT2D eigenvalue weighted by Crippen LogP contribution is -1.95. The van der Waals surface area contributed by atoms with Crippen LogP contribution in [0, 0.1) is 6.92 Å². The van der Waals surface area contributed by atoms with Crippen molar-refractivity contribution in [1.29, 1.82) is 0 Å². The number of azide groups is 2. The van der Waals surface area contributed by atoms with Gasteiger partial charge in [0, 0.05) is 27.3 Å². The molecule has 0 saturated heterocycles. The van der Waals surface area contributed by atoms with E-state index in [0.29, 0.717) is 22.8 Å². The minimum absolute atomic E-state index is 0.264. The number of hydrogen-bond acceptors (Lipinski definition) is 4. The Morgan fingerprint density at radius 2 is 1.68 bits per heavy atom. The Hall–Kier alpha value is -4.06. The summed E-state index contributed by atoms with van der Waals surface area (Å²) in [5.41, 5.74) is 21.2. The topological polar surface area (TPSA) is 128 Å². The molecule has 0 aliphatic heterocycles. The third-order valence-corrected chi connectivity index (χ3v) is 4.19. The Morgan fingerprint density at radius 1 is 1.00 bits per heavy atom. The summed E-state index contributed by atoms with van der Waals surface area (Å²) in [7, 11) is 0. The minimum atomic E-state index is -0.264. The van der Waals surface area contributed by atoms with Gasteiger partial charge in [-0.2, -0.15) is 5.10 Å². The van der Waals surface area contributed by atoms with Crippen LogP contribution in [0.3, 0.4) is 0 Å². The van der Waals surface area contributed by atoms with E-state index in [1.54, 1.807) is 23.0 Å². The van der Waals surface area contributed by atoms with Gasteiger partial charge in [-0.3, -0.25) is 4.99 Å². The van der Waals surface area contributed by atoms with Crippen LogP contribution in [0.4, 0.5) is 11.5 Å². The van der Waals surface area contributed by atoms with Crippen molar-refractivity contribution in [2.24, 2.45) is 15.2 Å². The molecule has 9 nitrogen and oxygen atoms in total. The SMILES string of the molecule is Cc1nn(-c2ccccc2)c(N=[N+]=[N-])c1C=NC(C)c1ccccc1N=[N+]=[N-]. The second-order valence-corrected chi connectivity index (χ2v) is 5.96. The quantitative estimate of drug-likeness (QED) is 0.216. The Morgan fingerprint density at radius 3 is 2.39 bits per heavy atom. The van der Waals surface area contributed by atoms with E-state index in [2.05, 4.69) is 30.1 Å². The average Bonchev–Trinajstić information content (AvgIpc) is 3.03. The van der Waals surface area contributed by atoms with E-state index >= 15 is 0 Å². The number of nitrogens with zero attached hydrogens (tertiary/aromatic N) is 9. The van der Waals surface area contributed by atoms with Gasteiger partial charge in [0.25, 0.3) is 0 Å². The molecule has 0 spiro atoms. The lowest BCUT2D eigenvalue weighted by atomic mass is 10.1. The van der Waals surface area contributed by atoms with E-state index in [0.717, 1.165) is 11.3 Å². The van der Waals surface area contributed by atoms with Crippen LogP contribution in [0.15, 0.2) is 69.8 Å². The van der Waals surface area contributed by atoms with E-state index in [4.69, 9.17) is 11.1 Å². The van der Waals surface area contributed by atoms with Crippen molar-refractivity contribution in [3.05, 3.63) is 92.3 Å². The molecule has 0 bridgehead atoms. The van der Waals surface area contributed by atoms with Crippen LogP contribution < -0.4 is 0 Å². The molecule has 0 amide bonds. The van der Waals surface area contributed by atoms with Gasteiger partial charge in [-0.05, 0) is 47.7 Å². The first kappa shape index (κ1) is 18.7. The maximum atomic E-state index is 9.00. The number of rotatable bonds is 6. The van der Waals surface area contributed by atoms with Crippen molar-refractivity contribution < 1.29 is 0 Å². The number of aliphatic imine (C=N–C) groups is 1. The Bertz CT molecular complexity index is 1100.